The van der Waals surface area contributed by atoms with Gasteiger partial charge in [0, 0.05) is 6.54 Å². The number of carbonyl (C=O) groups is 3. The number of nitrogens with zero attached hydrogens (tertiary/aromatic N) is 2. The average molecular weight is 409 g/mol. The van der Waals surface area contributed by atoms with E-state index in [0.717, 1.165) is 42.2 Å². The monoisotopic (exact) mass is 409 g/mol. The zero-order valence-electron chi connectivity index (χ0n) is 17.4. The molecule has 2 atom stereocenters. The molecule has 7 nitrogen and oxygen atoms in total. The van der Waals surface area contributed by atoms with Crippen LogP contribution in [0.5, 0.6) is 0 Å². The first-order chi connectivity index (χ1) is 14.5. The quantitative estimate of drug-likeness (QED) is 0.742. The molecular weight excluding hydrogens is 382 g/mol. The average Bonchev–Trinajstić information content (AvgIpc) is 3.36. The number of piperidine rings is 1. The van der Waals surface area contributed by atoms with Crippen molar-refractivity contribution in [1.29, 1.82) is 0 Å². The minimum atomic E-state index is -0.892. The summed E-state index contributed by atoms with van der Waals surface area (Å²) >= 11 is 0. The third kappa shape index (κ3) is 3.77. The van der Waals surface area contributed by atoms with Crippen LogP contribution in [0.3, 0.4) is 0 Å². The summed E-state index contributed by atoms with van der Waals surface area (Å²) < 4.78 is 5.62. The van der Waals surface area contributed by atoms with Gasteiger partial charge in [-0.25, -0.2) is 0 Å². The van der Waals surface area contributed by atoms with Crippen LogP contribution in [0.15, 0.2) is 41.0 Å². The zero-order chi connectivity index (χ0) is 21.3. The molecule has 0 spiro atoms. The lowest BCUT2D eigenvalue weighted by Gasteiger charge is -2.34. The molecule has 1 fully saturated rings. The Morgan fingerprint density at radius 2 is 1.83 bits per heavy atom. The van der Waals surface area contributed by atoms with E-state index in [-0.39, 0.29) is 11.9 Å². The molecule has 1 saturated heterocycles. The second-order valence-electron chi connectivity index (χ2n) is 8.08. The summed E-state index contributed by atoms with van der Waals surface area (Å²) in [6.07, 6.45) is 5.09. The van der Waals surface area contributed by atoms with Crippen LogP contribution in [0.4, 0.5) is 0 Å². The van der Waals surface area contributed by atoms with Crippen molar-refractivity contribution in [1.82, 2.24) is 15.1 Å². The van der Waals surface area contributed by atoms with Crippen LogP contribution in [0.25, 0.3) is 0 Å². The Labute approximate surface area is 176 Å². The zero-order valence-corrected chi connectivity index (χ0v) is 17.4. The highest BCUT2D eigenvalue weighted by Gasteiger charge is 2.41. The molecule has 2 aliphatic heterocycles. The first-order valence-electron chi connectivity index (χ1n) is 10.5. The Morgan fingerprint density at radius 1 is 1.10 bits per heavy atom. The maximum absolute atomic E-state index is 12.9. The Morgan fingerprint density at radius 3 is 2.53 bits per heavy atom. The number of amides is 3. The number of benzene rings is 1. The van der Waals surface area contributed by atoms with Crippen molar-refractivity contribution < 1.29 is 18.8 Å². The molecule has 0 aliphatic carbocycles. The van der Waals surface area contributed by atoms with Crippen LogP contribution in [0.1, 0.15) is 64.3 Å². The van der Waals surface area contributed by atoms with Gasteiger partial charge >= 0.3 is 0 Å². The Kier molecular flexibility index (Phi) is 5.72. The van der Waals surface area contributed by atoms with Gasteiger partial charge < -0.3 is 9.73 Å². The standard InChI is InChI=1S/C23H27N3O4/c1-15-8-9-17-18(13-15)23(29)26(22(17)28)16(2)21(27)24-14-19(20-7-6-12-30-20)25-10-4-3-5-11-25/h6-9,12-13,16,19H,3-5,10-11,14H2,1-2H3,(H,24,27). The fourth-order valence-electron chi connectivity index (χ4n) is 4.31. The summed E-state index contributed by atoms with van der Waals surface area (Å²) in [6.45, 7) is 5.72. The molecule has 2 unspecified atom stereocenters. The van der Waals surface area contributed by atoms with Gasteiger partial charge in [-0.05, 0) is 64.0 Å². The van der Waals surface area contributed by atoms with Gasteiger partial charge in [-0.15, -0.1) is 0 Å². The molecule has 0 bridgehead atoms. The Bertz CT molecular complexity index is 947. The van der Waals surface area contributed by atoms with E-state index in [2.05, 4.69) is 10.2 Å². The third-order valence-corrected chi connectivity index (χ3v) is 6.01. The number of fused-ring (bicyclic) bond motifs is 1. The number of imide groups is 1. The number of carbonyl (C=O) groups excluding carboxylic acids is 3. The predicted octanol–water partition coefficient (Wildman–Crippen LogP) is 2.92. The normalized spacial score (nSPS) is 18.9. The van der Waals surface area contributed by atoms with E-state index in [4.69, 9.17) is 4.42 Å². The van der Waals surface area contributed by atoms with Crippen LogP contribution in [0, 0.1) is 6.92 Å². The molecule has 2 aliphatic rings. The van der Waals surface area contributed by atoms with Gasteiger partial charge in [0.15, 0.2) is 0 Å². The van der Waals surface area contributed by atoms with Crippen LogP contribution >= 0.6 is 0 Å². The molecule has 2 aromatic rings. The second-order valence-corrected chi connectivity index (χ2v) is 8.08. The molecule has 3 amide bonds. The van der Waals surface area contributed by atoms with Gasteiger partial charge in [-0.2, -0.15) is 0 Å². The summed E-state index contributed by atoms with van der Waals surface area (Å²) in [6, 6.07) is 7.95. The molecule has 1 aromatic heterocycles. The van der Waals surface area contributed by atoms with Crippen molar-refractivity contribution in [2.45, 2.75) is 45.2 Å². The molecule has 1 N–H and O–H groups in total. The fraction of sp³-hybridized carbons (Fsp3) is 0.435. The first-order valence-corrected chi connectivity index (χ1v) is 10.5. The van der Waals surface area contributed by atoms with E-state index < -0.39 is 17.9 Å². The molecule has 158 valence electrons. The molecule has 4 rings (SSSR count). The smallest absolute Gasteiger partial charge is 0.262 e. The van der Waals surface area contributed by atoms with Gasteiger partial charge in [-0.1, -0.05) is 18.1 Å². The number of hydrogen-bond acceptors (Lipinski definition) is 5. The number of aryl methyl sites for hydroxylation is 1. The number of hydrogen-bond donors (Lipinski definition) is 1. The molecule has 30 heavy (non-hydrogen) atoms. The van der Waals surface area contributed by atoms with Gasteiger partial charge in [0.05, 0.1) is 23.4 Å². The van der Waals surface area contributed by atoms with Crippen molar-refractivity contribution in [3.63, 3.8) is 0 Å². The van der Waals surface area contributed by atoms with Crippen LogP contribution in [-0.2, 0) is 4.79 Å². The van der Waals surface area contributed by atoms with E-state index in [1.54, 1.807) is 31.4 Å². The number of nitrogens with one attached hydrogen (secondary N) is 1. The highest BCUT2D eigenvalue weighted by molar-refractivity contribution is 6.22. The SMILES string of the molecule is Cc1ccc2c(c1)C(=O)N(C(C)C(=O)NCC(c1ccco1)N1CCCCC1)C2=O. The highest BCUT2D eigenvalue weighted by Crippen LogP contribution is 2.27. The fourth-order valence-corrected chi connectivity index (χ4v) is 4.31. The summed E-state index contributed by atoms with van der Waals surface area (Å²) in [5.41, 5.74) is 1.62. The topological polar surface area (TPSA) is 82.9 Å². The van der Waals surface area contributed by atoms with Gasteiger partial charge in [0.1, 0.15) is 11.8 Å². The molecule has 3 heterocycles. The van der Waals surface area contributed by atoms with E-state index >= 15 is 0 Å². The lowest BCUT2D eigenvalue weighted by Crippen LogP contribution is -2.49. The van der Waals surface area contributed by atoms with Gasteiger partial charge in [0.2, 0.25) is 5.91 Å². The summed E-state index contributed by atoms with van der Waals surface area (Å²) in [5, 5.41) is 2.94. The Balaban J connectivity index is 1.45. The van der Waals surface area contributed by atoms with Crippen molar-refractivity contribution in [2.24, 2.45) is 0 Å². The van der Waals surface area contributed by atoms with E-state index in [9.17, 15) is 14.4 Å². The maximum Gasteiger partial charge on any atom is 0.262 e. The minimum absolute atomic E-state index is 0.0683. The van der Waals surface area contributed by atoms with E-state index in [0.29, 0.717) is 17.7 Å². The second kappa shape index (κ2) is 8.44. The third-order valence-electron chi connectivity index (χ3n) is 6.01. The number of furan rings is 1. The van der Waals surface area contributed by atoms with Crippen molar-refractivity contribution in [2.75, 3.05) is 19.6 Å². The summed E-state index contributed by atoms with van der Waals surface area (Å²) in [5.74, 6) is -0.382. The largest absolute Gasteiger partial charge is 0.468 e. The first kappa shape index (κ1) is 20.3. The predicted molar refractivity (Wildman–Crippen MR) is 111 cm³/mol. The molecular formula is C23H27N3O4. The Hall–Kier alpha value is -2.93. The van der Waals surface area contributed by atoms with Crippen molar-refractivity contribution >= 4 is 17.7 Å². The van der Waals surface area contributed by atoms with Gasteiger partial charge in [-0.3, -0.25) is 24.2 Å². The molecule has 0 radical (unpaired) electrons. The number of rotatable bonds is 6. The van der Waals surface area contributed by atoms with Crippen LogP contribution in [-0.4, -0.2) is 53.2 Å². The van der Waals surface area contributed by atoms with Gasteiger partial charge in [0.25, 0.3) is 11.8 Å². The van der Waals surface area contributed by atoms with E-state index in [1.807, 2.05) is 19.1 Å². The van der Waals surface area contributed by atoms with Crippen LogP contribution < -0.4 is 5.32 Å². The maximum atomic E-state index is 12.9. The summed E-state index contributed by atoms with van der Waals surface area (Å²) in [7, 11) is 0. The van der Waals surface area contributed by atoms with Crippen molar-refractivity contribution in [3.05, 3.63) is 59.0 Å². The molecule has 7 heteroatoms. The van der Waals surface area contributed by atoms with E-state index in [1.165, 1.54) is 6.42 Å². The van der Waals surface area contributed by atoms with Crippen molar-refractivity contribution in [3.8, 4) is 0 Å². The number of likely N-dealkylation sites (tertiary alicyclic amines) is 1. The lowest BCUT2D eigenvalue weighted by molar-refractivity contribution is -0.124. The van der Waals surface area contributed by atoms with Crippen LogP contribution in [0.2, 0.25) is 0 Å². The highest BCUT2D eigenvalue weighted by atomic mass is 16.3. The molecule has 0 saturated carbocycles. The minimum Gasteiger partial charge on any atom is -0.468 e. The summed E-state index contributed by atoms with van der Waals surface area (Å²) in [4.78, 5) is 41.8. The lowest BCUT2D eigenvalue weighted by atomic mass is 10.1. The molecule has 1 aromatic carbocycles.